The minimum atomic E-state index is 0. The highest BCUT2D eigenvalue weighted by atomic mass is 127. The number of benzene rings is 1. The van der Waals surface area contributed by atoms with E-state index in [1.54, 1.807) is 13.3 Å². The predicted molar refractivity (Wildman–Crippen MR) is 138 cm³/mol. The number of nitrogens with one attached hydrogen (secondary N) is 2. The fourth-order valence-corrected chi connectivity index (χ4v) is 3.74. The van der Waals surface area contributed by atoms with E-state index in [1.165, 1.54) is 5.56 Å². The molecule has 0 radical (unpaired) electrons. The van der Waals surface area contributed by atoms with Crippen LogP contribution >= 0.6 is 24.0 Å². The maximum absolute atomic E-state index is 5.65. The molecule has 32 heavy (non-hydrogen) atoms. The predicted octanol–water partition coefficient (Wildman–Crippen LogP) is 3.99. The second-order valence-corrected chi connectivity index (χ2v) is 7.95. The Balaban J connectivity index is 0.00000289. The normalized spacial score (nSPS) is 15.2. The molecule has 3 heterocycles. The molecule has 4 rings (SSSR count). The van der Waals surface area contributed by atoms with Gasteiger partial charge in [0.15, 0.2) is 5.96 Å². The number of aliphatic imine (C=N–C) groups is 1. The summed E-state index contributed by atoms with van der Waals surface area (Å²) < 4.78 is 5.65. The van der Waals surface area contributed by atoms with Gasteiger partial charge in [0.1, 0.15) is 6.26 Å². The van der Waals surface area contributed by atoms with E-state index in [0.717, 1.165) is 55.4 Å². The van der Waals surface area contributed by atoms with Gasteiger partial charge in [0.2, 0.25) is 5.89 Å². The van der Waals surface area contributed by atoms with Crippen LogP contribution < -0.4 is 10.6 Å². The van der Waals surface area contributed by atoms with Gasteiger partial charge in [-0.05, 0) is 44.0 Å². The first-order valence-corrected chi connectivity index (χ1v) is 10.8. The van der Waals surface area contributed by atoms with Crippen molar-refractivity contribution < 1.29 is 4.42 Å². The van der Waals surface area contributed by atoms with Crippen molar-refractivity contribution in [2.45, 2.75) is 38.9 Å². The maximum atomic E-state index is 5.65. The number of hydrogen-bond donors (Lipinski definition) is 2. The Morgan fingerprint density at radius 3 is 2.59 bits per heavy atom. The Labute approximate surface area is 206 Å². The molecule has 1 aromatic carbocycles. The van der Waals surface area contributed by atoms with E-state index in [4.69, 9.17) is 4.42 Å². The lowest BCUT2D eigenvalue weighted by molar-refractivity contribution is 0.196. The van der Waals surface area contributed by atoms with Gasteiger partial charge in [-0.15, -0.1) is 24.0 Å². The summed E-state index contributed by atoms with van der Waals surface area (Å²) >= 11 is 0. The van der Waals surface area contributed by atoms with E-state index in [-0.39, 0.29) is 24.0 Å². The van der Waals surface area contributed by atoms with Gasteiger partial charge in [-0.3, -0.25) is 14.9 Å². The van der Waals surface area contributed by atoms with Gasteiger partial charge in [-0.1, -0.05) is 23.8 Å². The fraction of sp³-hybridized carbons (Fsp3) is 0.375. The zero-order chi connectivity index (χ0) is 21.5. The van der Waals surface area contributed by atoms with Gasteiger partial charge in [-0.25, -0.2) is 4.98 Å². The van der Waals surface area contributed by atoms with Gasteiger partial charge < -0.3 is 15.1 Å². The molecule has 170 valence electrons. The molecule has 2 N–H and O–H groups in total. The van der Waals surface area contributed by atoms with Crippen molar-refractivity contribution in [3.8, 4) is 11.5 Å². The molecule has 0 aliphatic carbocycles. The second-order valence-electron chi connectivity index (χ2n) is 7.95. The van der Waals surface area contributed by atoms with Crippen LogP contribution in [0.2, 0.25) is 0 Å². The zero-order valence-electron chi connectivity index (χ0n) is 18.6. The highest BCUT2D eigenvalue weighted by Gasteiger charge is 2.20. The lowest BCUT2D eigenvalue weighted by Crippen LogP contribution is -2.48. The molecule has 0 unspecified atom stereocenters. The molecule has 0 amide bonds. The topological polar surface area (TPSA) is 78.6 Å². The monoisotopic (exact) mass is 546 g/mol. The van der Waals surface area contributed by atoms with Gasteiger partial charge in [0.25, 0.3) is 0 Å². The molecule has 0 saturated carbocycles. The Morgan fingerprint density at radius 1 is 1.12 bits per heavy atom. The van der Waals surface area contributed by atoms with E-state index in [9.17, 15) is 0 Å². The molecule has 1 fully saturated rings. The summed E-state index contributed by atoms with van der Waals surface area (Å²) in [6, 6.07) is 14.7. The van der Waals surface area contributed by atoms with E-state index < -0.39 is 0 Å². The number of hydrogen-bond acceptors (Lipinski definition) is 5. The highest BCUT2D eigenvalue weighted by molar-refractivity contribution is 14.0. The molecule has 1 aliphatic heterocycles. The number of likely N-dealkylation sites (tertiary alicyclic amines) is 1. The lowest BCUT2D eigenvalue weighted by atomic mass is 10.0. The van der Waals surface area contributed by atoms with E-state index in [1.807, 2.05) is 30.5 Å². The number of piperidine rings is 1. The van der Waals surface area contributed by atoms with Crippen molar-refractivity contribution in [2.24, 2.45) is 4.99 Å². The summed E-state index contributed by atoms with van der Waals surface area (Å²) in [6.45, 7) is 5.64. The first-order valence-electron chi connectivity index (χ1n) is 10.8. The maximum Gasteiger partial charge on any atom is 0.226 e. The van der Waals surface area contributed by atoms with Gasteiger partial charge in [0, 0.05) is 44.5 Å². The van der Waals surface area contributed by atoms with Crippen LogP contribution in [-0.2, 0) is 13.1 Å². The van der Waals surface area contributed by atoms with Crippen molar-refractivity contribution in [3.05, 3.63) is 71.9 Å². The van der Waals surface area contributed by atoms with Crippen LogP contribution in [0.25, 0.3) is 11.5 Å². The van der Waals surface area contributed by atoms with Crippen LogP contribution in [0.4, 0.5) is 0 Å². The molecular weight excluding hydrogens is 515 g/mol. The minimum Gasteiger partial charge on any atom is -0.444 e. The largest absolute Gasteiger partial charge is 0.444 e. The number of oxazole rings is 1. The molecule has 8 heteroatoms. The summed E-state index contributed by atoms with van der Waals surface area (Å²) in [5.74, 6) is 1.43. The fourth-order valence-electron chi connectivity index (χ4n) is 3.74. The summed E-state index contributed by atoms with van der Waals surface area (Å²) in [4.78, 5) is 15.8. The highest BCUT2D eigenvalue weighted by Crippen LogP contribution is 2.19. The summed E-state index contributed by atoms with van der Waals surface area (Å²) in [5, 5.41) is 6.89. The van der Waals surface area contributed by atoms with Gasteiger partial charge >= 0.3 is 0 Å². The smallest absolute Gasteiger partial charge is 0.226 e. The van der Waals surface area contributed by atoms with Gasteiger partial charge in [-0.2, -0.15) is 0 Å². The summed E-state index contributed by atoms with van der Waals surface area (Å²) in [7, 11) is 1.80. The molecule has 0 atom stereocenters. The molecule has 7 nitrogen and oxygen atoms in total. The number of aryl methyl sites for hydroxylation is 1. The second kappa shape index (κ2) is 12.0. The number of nitrogens with zero attached hydrogens (tertiary/aromatic N) is 4. The molecule has 2 aromatic heterocycles. The number of rotatable bonds is 6. The van der Waals surface area contributed by atoms with E-state index >= 15 is 0 Å². The number of guanidine groups is 1. The van der Waals surface area contributed by atoms with Crippen LogP contribution in [0, 0.1) is 6.92 Å². The minimum absolute atomic E-state index is 0. The zero-order valence-corrected chi connectivity index (χ0v) is 21.0. The van der Waals surface area contributed by atoms with Crippen molar-refractivity contribution in [1.29, 1.82) is 0 Å². The SMILES string of the molecule is CN=C(NCc1coc(-c2ccc(C)cc2)n1)NC1CCN(Cc2ccccn2)CC1.I. The standard InChI is InChI=1S/C24H30N6O.HI/c1-18-6-8-19(9-7-18)23-28-22(17-31-23)15-27-24(25-2)29-20-10-13-30(14-11-20)16-21-5-3-4-12-26-21;/h3-9,12,17,20H,10-11,13-16H2,1-2H3,(H2,25,27,29);1H. The van der Waals surface area contributed by atoms with Crippen LogP contribution in [0.15, 0.2) is 64.3 Å². The molecule has 1 aliphatic rings. The Bertz CT molecular complexity index is 981. The summed E-state index contributed by atoms with van der Waals surface area (Å²) in [6.07, 6.45) is 5.72. The van der Waals surface area contributed by atoms with Crippen LogP contribution in [-0.4, -0.2) is 47.0 Å². The molecule has 1 saturated heterocycles. The average molecular weight is 546 g/mol. The molecule has 0 bridgehead atoms. The molecule has 0 spiro atoms. The van der Waals surface area contributed by atoms with Crippen LogP contribution in [0.5, 0.6) is 0 Å². The van der Waals surface area contributed by atoms with E-state index in [0.29, 0.717) is 18.5 Å². The van der Waals surface area contributed by atoms with Gasteiger partial charge in [0.05, 0.1) is 17.9 Å². The Kier molecular flexibility index (Phi) is 9.04. The Morgan fingerprint density at radius 2 is 1.91 bits per heavy atom. The first-order chi connectivity index (χ1) is 15.2. The van der Waals surface area contributed by atoms with Crippen molar-refractivity contribution in [1.82, 2.24) is 25.5 Å². The van der Waals surface area contributed by atoms with E-state index in [2.05, 4.69) is 55.6 Å². The van der Waals surface area contributed by atoms with Crippen molar-refractivity contribution in [3.63, 3.8) is 0 Å². The molecule has 3 aromatic rings. The number of halogens is 1. The lowest BCUT2D eigenvalue weighted by Gasteiger charge is -2.32. The van der Waals surface area contributed by atoms with Crippen molar-refractivity contribution in [2.75, 3.05) is 20.1 Å². The third-order valence-corrected chi connectivity index (χ3v) is 5.55. The van der Waals surface area contributed by atoms with Crippen LogP contribution in [0.1, 0.15) is 29.8 Å². The average Bonchev–Trinajstić information content (AvgIpc) is 3.28. The first kappa shape index (κ1) is 24.2. The van der Waals surface area contributed by atoms with Crippen LogP contribution in [0.3, 0.4) is 0 Å². The Hall–Kier alpha value is -2.46. The third kappa shape index (κ3) is 6.77. The number of aromatic nitrogens is 2. The number of pyridine rings is 1. The third-order valence-electron chi connectivity index (χ3n) is 5.55. The summed E-state index contributed by atoms with van der Waals surface area (Å²) in [5.41, 5.74) is 4.18. The quantitative estimate of drug-likeness (QED) is 0.277. The molecular formula is C24H31IN6O. The van der Waals surface area contributed by atoms with Crippen molar-refractivity contribution >= 4 is 29.9 Å².